The van der Waals surface area contributed by atoms with Crippen LogP contribution in [0.5, 0.6) is 0 Å². The number of hydrogen-bond donors (Lipinski definition) is 2. The van der Waals surface area contributed by atoms with Crippen molar-refractivity contribution in [2.75, 3.05) is 26.2 Å². The van der Waals surface area contributed by atoms with Gasteiger partial charge >= 0.3 is 0 Å². The number of nitrogens with one attached hydrogen (secondary N) is 1. The Balaban J connectivity index is 1.91. The molecule has 0 unspecified atom stereocenters. The minimum Gasteiger partial charge on any atom is -0.459 e. The van der Waals surface area contributed by atoms with Crippen molar-refractivity contribution in [1.82, 2.24) is 4.90 Å². The van der Waals surface area contributed by atoms with E-state index in [0.29, 0.717) is 18.8 Å². The van der Waals surface area contributed by atoms with Crippen LogP contribution in [0.2, 0.25) is 0 Å². The molecule has 0 radical (unpaired) electrons. The Kier molecular flexibility index (Phi) is 3.66. The van der Waals surface area contributed by atoms with Crippen LogP contribution in [0.1, 0.15) is 17.5 Å². The maximum atomic E-state index is 12.0. The lowest BCUT2D eigenvalue weighted by Gasteiger charge is -2.33. The van der Waals surface area contributed by atoms with Gasteiger partial charge in [0.25, 0.3) is 11.8 Å². The number of quaternary nitrogens is 1. The molecule has 0 aliphatic carbocycles. The number of carbonyl (C=O) groups excluding carboxylic acids is 2. The summed E-state index contributed by atoms with van der Waals surface area (Å²) in [5.41, 5.74) is 5.28. The summed E-state index contributed by atoms with van der Waals surface area (Å²) >= 11 is 0. The van der Waals surface area contributed by atoms with E-state index in [4.69, 9.17) is 10.2 Å². The van der Waals surface area contributed by atoms with Crippen LogP contribution in [-0.2, 0) is 4.79 Å². The molecule has 98 valence electrons. The first-order chi connectivity index (χ1) is 8.59. The third-order valence-corrected chi connectivity index (χ3v) is 3.46. The lowest BCUT2D eigenvalue weighted by atomic mass is 10.2. The summed E-state index contributed by atoms with van der Waals surface area (Å²) < 4.78 is 5.09. The summed E-state index contributed by atoms with van der Waals surface area (Å²) in [6.07, 6.45) is 1.49. The summed E-state index contributed by atoms with van der Waals surface area (Å²) in [4.78, 5) is 26.0. The van der Waals surface area contributed by atoms with Crippen LogP contribution < -0.4 is 10.6 Å². The quantitative estimate of drug-likeness (QED) is 0.686. The van der Waals surface area contributed by atoms with Gasteiger partial charge in [-0.3, -0.25) is 9.59 Å². The molecular formula is C12H18N3O3+. The SMILES string of the molecule is C[C@H](C(N)=O)[NH+]1CCN(C(=O)c2ccco2)CC1. The Labute approximate surface area is 105 Å². The van der Waals surface area contributed by atoms with E-state index in [1.165, 1.54) is 6.26 Å². The second kappa shape index (κ2) is 5.22. The fourth-order valence-corrected chi connectivity index (χ4v) is 2.19. The van der Waals surface area contributed by atoms with Gasteiger partial charge in [-0.05, 0) is 19.1 Å². The average molecular weight is 252 g/mol. The van der Waals surface area contributed by atoms with Crippen LogP contribution in [0.25, 0.3) is 0 Å². The van der Waals surface area contributed by atoms with Crippen molar-refractivity contribution in [3.63, 3.8) is 0 Å². The molecule has 2 amide bonds. The van der Waals surface area contributed by atoms with E-state index in [2.05, 4.69) is 0 Å². The highest BCUT2D eigenvalue weighted by Gasteiger charge is 2.30. The predicted octanol–water partition coefficient (Wildman–Crippen LogP) is -1.51. The van der Waals surface area contributed by atoms with Gasteiger partial charge in [0.15, 0.2) is 11.8 Å². The Morgan fingerprint density at radius 3 is 2.61 bits per heavy atom. The van der Waals surface area contributed by atoms with Crippen molar-refractivity contribution in [2.45, 2.75) is 13.0 Å². The number of piperazine rings is 1. The highest BCUT2D eigenvalue weighted by Crippen LogP contribution is 2.05. The number of amides is 2. The van der Waals surface area contributed by atoms with Crippen molar-refractivity contribution in [1.29, 1.82) is 0 Å². The van der Waals surface area contributed by atoms with Crippen molar-refractivity contribution < 1.29 is 18.9 Å². The van der Waals surface area contributed by atoms with Gasteiger partial charge in [0.05, 0.1) is 32.4 Å². The molecule has 3 N–H and O–H groups in total. The molecule has 2 rings (SSSR count). The first kappa shape index (κ1) is 12.6. The molecule has 1 saturated heterocycles. The van der Waals surface area contributed by atoms with Gasteiger partial charge < -0.3 is 20.0 Å². The molecule has 6 heteroatoms. The summed E-state index contributed by atoms with van der Waals surface area (Å²) in [7, 11) is 0. The molecule has 1 aliphatic heterocycles. The zero-order chi connectivity index (χ0) is 13.1. The minimum atomic E-state index is -0.296. The third-order valence-electron chi connectivity index (χ3n) is 3.46. The van der Waals surface area contributed by atoms with Crippen LogP contribution in [-0.4, -0.2) is 48.9 Å². The van der Waals surface area contributed by atoms with Crippen LogP contribution in [0, 0.1) is 0 Å². The Morgan fingerprint density at radius 1 is 1.44 bits per heavy atom. The zero-order valence-electron chi connectivity index (χ0n) is 10.4. The number of furan rings is 1. The van der Waals surface area contributed by atoms with Crippen LogP contribution >= 0.6 is 0 Å². The summed E-state index contributed by atoms with van der Waals surface area (Å²) in [5, 5.41) is 0. The fourth-order valence-electron chi connectivity index (χ4n) is 2.19. The van der Waals surface area contributed by atoms with E-state index in [9.17, 15) is 9.59 Å². The molecule has 1 aromatic rings. The lowest BCUT2D eigenvalue weighted by molar-refractivity contribution is -0.917. The number of nitrogens with two attached hydrogens (primary N) is 1. The summed E-state index contributed by atoms with van der Waals surface area (Å²) in [5.74, 6) is -0.0250. The maximum Gasteiger partial charge on any atom is 0.289 e. The van der Waals surface area contributed by atoms with Gasteiger partial charge in [-0.15, -0.1) is 0 Å². The molecule has 1 aromatic heterocycles. The predicted molar refractivity (Wildman–Crippen MR) is 64.0 cm³/mol. The average Bonchev–Trinajstić information content (AvgIpc) is 2.91. The highest BCUT2D eigenvalue weighted by molar-refractivity contribution is 5.91. The molecule has 2 heterocycles. The van der Waals surface area contributed by atoms with E-state index in [1.807, 2.05) is 6.92 Å². The van der Waals surface area contributed by atoms with E-state index in [-0.39, 0.29) is 17.9 Å². The minimum absolute atomic E-state index is 0.0919. The van der Waals surface area contributed by atoms with Gasteiger partial charge in [-0.1, -0.05) is 0 Å². The maximum absolute atomic E-state index is 12.0. The normalized spacial score (nSPS) is 18.6. The molecule has 1 aliphatic rings. The Hall–Kier alpha value is -1.82. The van der Waals surface area contributed by atoms with Crippen LogP contribution in [0.3, 0.4) is 0 Å². The third kappa shape index (κ3) is 2.53. The molecule has 6 nitrogen and oxygen atoms in total. The van der Waals surface area contributed by atoms with E-state index in [0.717, 1.165) is 18.0 Å². The molecule has 0 spiro atoms. The Morgan fingerprint density at radius 2 is 2.11 bits per heavy atom. The fraction of sp³-hybridized carbons (Fsp3) is 0.500. The molecule has 1 fully saturated rings. The van der Waals surface area contributed by atoms with Crippen molar-refractivity contribution >= 4 is 11.8 Å². The number of rotatable bonds is 3. The van der Waals surface area contributed by atoms with Gasteiger partial charge in [-0.2, -0.15) is 0 Å². The number of carbonyl (C=O) groups is 2. The van der Waals surface area contributed by atoms with Gasteiger partial charge in [0, 0.05) is 0 Å². The van der Waals surface area contributed by atoms with Crippen LogP contribution in [0.4, 0.5) is 0 Å². The van der Waals surface area contributed by atoms with E-state index < -0.39 is 0 Å². The van der Waals surface area contributed by atoms with Gasteiger partial charge in [0.2, 0.25) is 0 Å². The topological polar surface area (TPSA) is 81.0 Å². The first-order valence-electron chi connectivity index (χ1n) is 6.06. The molecule has 0 aromatic carbocycles. The first-order valence-corrected chi connectivity index (χ1v) is 6.06. The molecule has 1 atom stereocenters. The van der Waals surface area contributed by atoms with Crippen molar-refractivity contribution in [2.24, 2.45) is 5.73 Å². The van der Waals surface area contributed by atoms with Gasteiger partial charge in [0.1, 0.15) is 0 Å². The highest BCUT2D eigenvalue weighted by atomic mass is 16.3. The Bertz CT molecular complexity index is 422. The van der Waals surface area contributed by atoms with E-state index >= 15 is 0 Å². The molecule has 0 bridgehead atoms. The molecule has 18 heavy (non-hydrogen) atoms. The van der Waals surface area contributed by atoms with Crippen molar-refractivity contribution in [3.8, 4) is 0 Å². The van der Waals surface area contributed by atoms with Gasteiger partial charge in [-0.25, -0.2) is 0 Å². The molecular weight excluding hydrogens is 234 g/mol. The van der Waals surface area contributed by atoms with Crippen LogP contribution in [0.15, 0.2) is 22.8 Å². The lowest BCUT2D eigenvalue weighted by Crippen LogP contribution is -3.19. The standard InChI is InChI=1S/C12H17N3O3/c1-9(11(13)16)14-4-6-15(7-5-14)12(17)10-3-2-8-18-10/h2-3,8-9H,4-7H2,1H3,(H2,13,16)/p+1/t9-/m1/s1. The van der Waals surface area contributed by atoms with E-state index in [1.54, 1.807) is 17.0 Å². The smallest absolute Gasteiger partial charge is 0.289 e. The van der Waals surface area contributed by atoms with Crippen molar-refractivity contribution in [3.05, 3.63) is 24.2 Å². The largest absolute Gasteiger partial charge is 0.459 e. The monoisotopic (exact) mass is 252 g/mol. The second-order valence-corrected chi connectivity index (χ2v) is 4.55. The zero-order valence-corrected chi connectivity index (χ0v) is 10.4. The number of primary amides is 1. The summed E-state index contributed by atoms with van der Waals surface area (Å²) in [6.45, 7) is 4.52. The summed E-state index contributed by atoms with van der Waals surface area (Å²) in [6, 6.07) is 3.16. The molecule has 0 saturated carbocycles. The number of hydrogen-bond acceptors (Lipinski definition) is 3. The second-order valence-electron chi connectivity index (χ2n) is 4.55. The number of nitrogens with zero attached hydrogens (tertiary/aromatic N) is 1.